The number of piperazine rings is 1. The van der Waals surface area contributed by atoms with Crippen LogP contribution in [0.1, 0.15) is 35.8 Å². The summed E-state index contributed by atoms with van der Waals surface area (Å²) in [5.41, 5.74) is 0. The standard InChI is InChI=1S/C20H31N5O2S/c26-17(15-27-16-18-5-4-12-28-18)13-23-8-10-24(11-9-23)14-20-22-21-19-6-2-1-3-7-25(19)20/h4-5,12,17,26H,1-3,6-11,13-16H2. The van der Waals surface area contributed by atoms with Gasteiger partial charge < -0.3 is 14.4 Å². The maximum absolute atomic E-state index is 10.3. The lowest BCUT2D eigenvalue weighted by atomic mass is 10.2. The number of thiophene rings is 1. The van der Waals surface area contributed by atoms with E-state index in [1.54, 1.807) is 11.3 Å². The van der Waals surface area contributed by atoms with E-state index in [9.17, 15) is 5.11 Å². The summed E-state index contributed by atoms with van der Waals surface area (Å²) >= 11 is 1.69. The predicted molar refractivity (Wildman–Crippen MR) is 109 cm³/mol. The molecule has 0 bridgehead atoms. The third-order valence-electron chi connectivity index (χ3n) is 5.62. The van der Waals surface area contributed by atoms with Gasteiger partial charge in [0.2, 0.25) is 0 Å². The van der Waals surface area contributed by atoms with E-state index in [0.717, 1.165) is 57.3 Å². The molecule has 0 aromatic carbocycles. The predicted octanol–water partition coefficient (Wildman–Crippen LogP) is 1.76. The molecule has 28 heavy (non-hydrogen) atoms. The van der Waals surface area contributed by atoms with Crippen molar-refractivity contribution in [3.8, 4) is 0 Å². The van der Waals surface area contributed by atoms with Gasteiger partial charge in [0, 0.05) is 50.6 Å². The van der Waals surface area contributed by atoms with E-state index < -0.39 is 6.10 Å². The molecule has 1 fully saturated rings. The summed E-state index contributed by atoms with van der Waals surface area (Å²) < 4.78 is 7.98. The third-order valence-corrected chi connectivity index (χ3v) is 6.47. The third kappa shape index (κ3) is 5.39. The fraction of sp³-hybridized carbons (Fsp3) is 0.700. The molecule has 0 spiro atoms. The van der Waals surface area contributed by atoms with Crippen LogP contribution in [0, 0.1) is 0 Å². The van der Waals surface area contributed by atoms with Crippen molar-refractivity contribution in [1.29, 1.82) is 0 Å². The smallest absolute Gasteiger partial charge is 0.147 e. The molecule has 154 valence electrons. The molecule has 0 amide bonds. The fourth-order valence-electron chi connectivity index (χ4n) is 4.03. The number of aryl methyl sites for hydroxylation is 1. The van der Waals surface area contributed by atoms with Crippen LogP contribution in [0.4, 0.5) is 0 Å². The lowest BCUT2D eigenvalue weighted by molar-refractivity contribution is 0.00129. The van der Waals surface area contributed by atoms with Gasteiger partial charge in [-0.2, -0.15) is 0 Å². The van der Waals surface area contributed by atoms with Crippen molar-refractivity contribution in [3.05, 3.63) is 34.0 Å². The maximum atomic E-state index is 10.3. The second-order valence-corrected chi connectivity index (χ2v) is 8.85. The van der Waals surface area contributed by atoms with Crippen molar-refractivity contribution >= 4 is 11.3 Å². The van der Waals surface area contributed by atoms with E-state index in [4.69, 9.17) is 4.74 Å². The first-order valence-corrected chi connectivity index (χ1v) is 11.3. The van der Waals surface area contributed by atoms with Gasteiger partial charge in [-0.05, 0) is 24.3 Å². The Morgan fingerprint density at radius 2 is 1.93 bits per heavy atom. The van der Waals surface area contributed by atoms with Crippen LogP contribution in [0.5, 0.6) is 0 Å². The van der Waals surface area contributed by atoms with E-state index in [1.807, 2.05) is 11.4 Å². The quantitative estimate of drug-likeness (QED) is 0.722. The van der Waals surface area contributed by atoms with Crippen LogP contribution in [-0.2, 0) is 30.9 Å². The summed E-state index contributed by atoms with van der Waals surface area (Å²) in [4.78, 5) is 5.99. The van der Waals surface area contributed by atoms with Crippen molar-refractivity contribution in [2.45, 2.75) is 51.5 Å². The Labute approximate surface area is 170 Å². The monoisotopic (exact) mass is 405 g/mol. The van der Waals surface area contributed by atoms with Crippen LogP contribution in [0.2, 0.25) is 0 Å². The van der Waals surface area contributed by atoms with Gasteiger partial charge in [0.15, 0.2) is 0 Å². The Hall–Kier alpha value is -1.32. The summed E-state index contributed by atoms with van der Waals surface area (Å²) in [5.74, 6) is 2.28. The van der Waals surface area contributed by atoms with Crippen molar-refractivity contribution in [1.82, 2.24) is 24.6 Å². The minimum Gasteiger partial charge on any atom is -0.389 e. The van der Waals surface area contributed by atoms with Crippen LogP contribution in [0.25, 0.3) is 0 Å². The molecule has 2 aliphatic heterocycles. The van der Waals surface area contributed by atoms with E-state index in [0.29, 0.717) is 19.8 Å². The van der Waals surface area contributed by atoms with Gasteiger partial charge >= 0.3 is 0 Å². The van der Waals surface area contributed by atoms with Crippen LogP contribution in [0.15, 0.2) is 17.5 Å². The van der Waals surface area contributed by atoms with Crippen LogP contribution >= 0.6 is 11.3 Å². The van der Waals surface area contributed by atoms with Crippen LogP contribution in [-0.4, -0.2) is 75.1 Å². The minimum absolute atomic E-state index is 0.393. The first-order chi connectivity index (χ1) is 13.8. The molecule has 0 saturated carbocycles. The Morgan fingerprint density at radius 3 is 2.75 bits per heavy atom. The first kappa shape index (κ1) is 20.0. The number of aliphatic hydroxyl groups excluding tert-OH is 1. The summed E-state index contributed by atoms with van der Waals surface area (Å²) in [7, 11) is 0. The number of aliphatic hydroxyl groups is 1. The second-order valence-electron chi connectivity index (χ2n) is 7.82. The topological polar surface area (TPSA) is 66.7 Å². The van der Waals surface area contributed by atoms with E-state index in [1.165, 1.54) is 24.1 Å². The Bertz CT molecular complexity index is 712. The molecule has 2 aromatic rings. The molecule has 1 unspecified atom stereocenters. The zero-order chi connectivity index (χ0) is 19.2. The largest absolute Gasteiger partial charge is 0.389 e. The fourth-order valence-corrected chi connectivity index (χ4v) is 4.67. The van der Waals surface area contributed by atoms with Crippen molar-refractivity contribution in [3.63, 3.8) is 0 Å². The number of rotatable bonds is 8. The molecule has 8 heteroatoms. The van der Waals surface area contributed by atoms with Crippen molar-refractivity contribution < 1.29 is 9.84 Å². The molecule has 1 N–H and O–H groups in total. The van der Waals surface area contributed by atoms with E-state index in [-0.39, 0.29) is 0 Å². The van der Waals surface area contributed by atoms with Gasteiger partial charge in [0.1, 0.15) is 11.6 Å². The lowest BCUT2D eigenvalue weighted by Gasteiger charge is -2.35. The number of ether oxygens (including phenoxy) is 1. The summed E-state index contributed by atoms with van der Waals surface area (Å²) in [6, 6.07) is 4.08. The molecule has 0 radical (unpaired) electrons. The highest BCUT2D eigenvalue weighted by Gasteiger charge is 2.22. The van der Waals surface area contributed by atoms with Crippen LogP contribution < -0.4 is 0 Å². The molecule has 1 atom stereocenters. The van der Waals surface area contributed by atoms with Gasteiger partial charge in [-0.15, -0.1) is 21.5 Å². The number of β-amino-alcohol motifs (C(OH)–C–C–N with tert-alkyl or cyclic N) is 1. The van der Waals surface area contributed by atoms with Crippen LogP contribution in [0.3, 0.4) is 0 Å². The molecule has 7 nitrogen and oxygen atoms in total. The zero-order valence-electron chi connectivity index (χ0n) is 16.5. The molecule has 2 aromatic heterocycles. The molecular weight excluding hydrogens is 374 g/mol. The second kappa shape index (κ2) is 9.93. The Balaban J connectivity index is 1.17. The maximum Gasteiger partial charge on any atom is 0.147 e. The van der Waals surface area contributed by atoms with E-state index in [2.05, 4.69) is 30.6 Å². The number of hydrogen-bond acceptors (Lipinski definition) is 7. The Kier molecular flexibility index (Phi) is 7.09. The summed E-state index contributed by atoms with van der Waals surface area (Å²) in [6.07, 6.45) is 4.39. The molecule has 0 aliphatic carbocycles. The van der Waals surface area contributed by atoms with Crippen molar-refractivity contribution in [2.75, 3.05) is 39.3 Å². The van der Waals surface area contributed by atoms with Gasteiger partial charge in [-0.25, -0.2) is 0 Å². The Morgan fingerprint density at radius 1 is 1.07 bits per heavy atom. The SMILES string of the molecule is OC(COCc1cccs1)CN1CCN(Cc2nnc3n2CCCCC3)CC1. The lowest BCUT2D eigenvalue weighted by Crippen LogP contribution is -2.48. The molecule has 4 rings (SSSR count). The highest BCUT2D eigenvalue weighted by Crippen LogP contribution is 2.16. The molecule has 2 aliphatic rings. The number of fused-ring (bicyclic) bond motifs is 1. The molecule has 1 saturated heterocycles. The van der Waals surface area contributed by atoms with Gasteiger partial charge in [-0.1, -0.05) is 12.5 Å². The van der Waals surface area contributed by atoms with E-state index >= 15 is 0 Å². The molecule has 4 heterocycles. The highest BCUT2D eigenvalue weighted by molar-refractivity contribution is 7.09. The van der Waals surface area contributed by atoms with Gasteiger partial charge in [-0.3, -0.25) is 9.80 Å². The number of hydrogen-bond donors (Lipinski definition) is 1. The number of nitrogens with zero attached hydrogens (tertiary/aromatic N) is 5. The normalized spacial score (nSPS) is 20.0. The van der Waals surface area contributed by atoms with Gasteiger partial charge in [0.05, 0.1) is 25.9 Å². The average Bonchev–Trinajstić information content (AvgIpc) is 3.28. The average molecular weight is 406 g/mol. The minimum atomic E-state index is -0.432. The highest BCUT2D eigenvalue weighted by atomic mass is 32.1. The first-order valence-electron chi connectivity index (χ1n) is 10.4. The zero-order valence-corrected chi connectivity index (χ0v) is 17.3. The summed E-state index contributed by atoms with van der Waals surface area (Å²) in [5, 5.41) is 21.2. The van der Waals surface area contributed by atoms with Crippen molar-refractivity contribution in [2.24, 2.45) is 0 Å². The number of aromatic nitrogens is 3. The van der Waals surface area contributed by atoms with Gasteiger partial charge in [0.25, 0.3) is 0 Å². The molecular formula is C20H31N5O2S. The summed E-state index contributed by atoms with van der Waals surface area (Å²) in [6.45, 7) is 7.57.